The van der Waals surface area contributed by atoms with Gasteiger partial charge in [0.2, 0.25) is 0 Å². The molecule has 2 N–H and O–H groups in total. The van der Waals surface area contributed by atoms with Crippen LogP contribution in [0.15, 0.2) is 29.0 Å². The number of nitrogens with zero attached hydrogens (tertiary/aromatic N) is 2. The highest BCUT2D eigenvalue weighted by Gasteiger charge is 2.11. The monoisotopic (exact) mass is 297 g/mol. The first-order valence-electron chi connectivity index (χ1n) is 5.39. The topological polar surface area (TPSA) is 43.8 Å². The van der Waals surface area contributed by atoms with Crippen molar-refractivity contribution in [1.82, 2.24) is 9.55 Å². The van der Waals surface area contributed by atoms with Crippen LogP contribution in [0.2, 0.25) is 0 Å². The van der Waals surface area contributed by atoms with Gasteiger partial charge in [-0.15, -0.1) is 0 Å². The van der Waals surface area contributed by atoms with E-state index < -0.39 is 0 Å². The molecule has 0 atom stereocenters. The fourth-order valence-corrected chi connectivity index (χ4v) is 1.92. The molecule has 0 spiro atoms. The zero-order valence-electron chi connectivity index (χ0n) is 9.45. The molecule has 0 saturated carbocycles. The van der Waals surface area contributed by atoms with Crippen molar-refractivity contribution in [3.8, 4) is 11.3 Å². The van der Waals surface area contributed by atoms with Crippen molar-refractivity contribution in [2.45, 2.75) is 19.9 Å². The van der Waals surface area contributed by atoms with Crippen LogP contribution in [0.25, 0.3) is 11.3 Å². The molecule has 0 aliphatic heterocycles. The number of rotatable bonds is 3. The summed E-state index contributed by atoms with van der Waals surface area (Å²) in [6.45, 7) is 2.89. The first-order chi connectivity index (χ1) is 8.13. The van der Waals surface area contributed by atoms with E-state index in [2.05, 4.69) is 27.8 Å². The zero-order chi connectivity index (χ0) is 12.4. The fourth-order valence-electron chi connectivity index (χ4n) is 1.68. The number of aromatic nitrogens is 2. The van der Waals surface area contributed by atoms with Crippen LogP contribution in [0.3, 0.4) is 0 Å². The number of hydrogen-bond acceptors (Lipinski definition) is 2. The van der Waals surface area contributed by atoms with Crippen LogP contribution in [-0.2, 0) is 6.54 Å². The van der Waals surface area contributed by atoms with E-state index in [4.69, 9.17) is 5.73 Å². The molecule has 3 nitrogen and oxygen atoms in total. The Labute approximate surface area is 108 Å². The van der Waals surface area contributed by atoms with Crippen molar-refractivity contribution in [1.29, 1.82) is 0 Å². The van der Waals surface area contributed by atoms with Crippen molar-refractivity contribution in [2.24, 2.45) is 0 Å². The molecule has 5 heteroatoms. The molecular formula is C12H13BrFN3. The van der Waals surface area contributed by atoms with Crippen molar-refractivity contribution < 1.29 is 4.39 Å². The minimum absolute atomic E-state index is 0.313. The summed E-state index contributed by atoms with van der Waals surface area (Å²) < 4.78 is 15.7. The molecule has 1 aromatic heterocycles. The highest BCUT2D eigenvalue weighted by atomic mass is 79.9. The van der Waals surface area contributed by atoms with Gasteiger partial charge in [-0.1, -0.05) is 13.0 Å². The van der Waals surface area contributed by atoms with Gasteiger partial charge in [-0.05, 0) is 34.5 Å². The van der Waals surface area contributed by atoms with Crippen LogP contribution < -0.4 is 5.73 Å². The number of anilines is 1. The van der Waals surface area contributed by atoms with Gasteiger partial charge in [-0.3, -0.25) is 0 Å². The Bertz CT molecular complexity index is 537. The van der Waals surface area contributed by atoms with Gasteiger partial charge in [0.05, 0.1) is 10.8 Å². The first-order valence-corrected chi connectivity index (χ1v) is 6.18. The number of halogens is 2. The lowest BCUT2D eigenvalue weighted by atomic mass is 10.1. The largest absolute Gasteiger partial charge is 0.383 e. The van der Waals surface area contributed by atoms with Crippen LogP contribution in [0, 0.1) is 5.82 Å². The molecule has 2 aromatic rings. The van der Waals surface area contributed by atoms with E-state index in [1.54, 1.807) is 18.5 Å². The Morgan fingerprint density at radius 3 is 2.88 bits per heavy atom. The molecule has 0 aliphatic carbocycles. The number of nitrogens with two attached hydrogens (primary N) is 1. The molecule has 90 valence electrons. The molecule has 0 unspecified atom stereocenters. The van der Waals surface area contributed by atoms with Crippen molar-refractivity contribution in [3.63, 3.8) is 0 Å². The summed E-state index contributed by atoms with van der Waals surface area (Å²) in [5, 5.41) is 0. The number of aryl methyl sites for hydroxylation is 1. The zero-order valence-corrected chi connectivity index (χ0v) is 11.0. The lowest BCUT2D eigenvalue weighted by Crippen LogP contribution is -2.01. The van der Waals surface area contributed by atoms with Gasteiger partial charge in [0.25, 0.3) is 0 Å². The molecule has 1 aromatic carbocycles. The van der Waals surface area contributed by atoms with Gasteiger partial charge in [0.15, 0.2) is 0 Å². The van der Waals surface area contributed by atoms with Gasteiger partial charge in [0, 0.05) is 12.1 Å². The third-order valence-corrected chi connectivity index (χ3v) is 3.18. The third-order valence-electron chi connectivity index (χ3n) is 2.54. The van der Waals surface area contributed by atoms with E-state index in [0.717, 1.165) is 13.0 Å². The summed E-state index contributed by atoms with van der Waals surface area (Å²) in [5.41, 5.74) is 7.30. The first kappa shape index (κ1) is 12.1. The highest BCUT2D eigenvalue weighted by Crippen LogP contribution is 2.27. The Morgan fingerprint density at radius 1 is 1.47 bits per heavy atom. The van der Waals surface area contributed by atoms with Gasteiger partial charge >= 0.3 is 0 Å². The predicted octanol–water partition coefficient (Wildman–Crippen LogP) is 3.44. The maximum atomic E-state index is 13.4. The summed E-state index contributed by atoms with van der Waals surface area (Å²) in [6.07, 6.45) is 2.67. The smallest absolute Gasteiger partial charge is 0.138 e. The summed E-state index contributed by atoms with van der Waals surface area (Å²) >= 11 is 3.12. The molecule has 1 heterocycles. The van der Waals surface area contributed by atoms with Crippen LogP contribution in [0.1, 0.15) is 13.3 Å². The second-order valence-electron chi connectivity index (χ2n) is 3.80. The Morgan fingerprint density at radius 2 is 2.24 bits per heavy atom. The highest BCUT2D eigenvalue weighted by molar-refractivity contribution is 9.10. The molecule has 0 aliphatic rings. The average Bonchev–Trinajstić information content (AvgIpc) is 2.66. The Hall–Kier alpha value is -1.36. The molecule has 0 bridgehead atoms. The lowest BCUT2D eigenvalue weighted by Gasteiger charge is -2.04. The molecule has 0 amide bonds. The van der Waals surface area contributed by atoms with Crippen LogP contribution in [0.4, 0.5) is 10.2 Å². The lowest BCUT2D eigenvalue weighted by molar-refractivity contribution is 0.621. The number of imidazole rings is 1. The molecular weight excluding hydrogens is 285 g/mol. The van der Waals surface area contributed by atoms with E-state index in [1.165, 1.54) is 6.07 Å². The quantitative estimate of drug-likeness (QED) is 0.943. The minimum atomic E-state index is -0.313. The molecule has 0 saturated heterocycles. The van der Waals surface area contributed by atoms with Crippen LogP contribution in [0.5, 0.6) is 0 Å². The summed E-state index contributed by atoms with van der Waals surface area (Å²) in [4.78, 5) is 4.23. The van der Waals surface area contributed by atoms with E-state index in [1.807, 2.05) is 4.57 Å². The van der Waals surface area contributed by atoms with Crippen LogP contribution in [-0.4, -0.2) is 9.55 Å². The maximum Gasteiger partial charge on any atom is 0.138 e. The average molecular weight is 298 g/mol. The molecule has 0 radical (unpaired) electrons. The van der Waals surface area contributed by atoms with E-state index >= 15 is 0 Å². The summed E-state index contributed by atoms with van der Waals surface area (Å²) in [5.74, 6) is 0.264. The van der Waals surface area contributed by atoms with Gasteiger partial charge in [-0.2, -0.15) is 0 Å². The number of benzene rings is 1. The normalized spacial score (nSPS) is 10.8. The van der Waals surface area contributed by atoms with Gasteiger partial charge in [-0.25, -0.2) is 9.37 Å². The number of nitrogen functional groups attached to an aromatic ring is 1. The van der Waals surface area contributed by atoms with E-state index in [9.17, 15) is 4.39 Å². The predicted molar refractivity (Wildman–Crippen MR) is 70.0 cm³/mol. The van der Waals surface area contributed by atoms with Crippen molar-refractivity contribution in [2.75, 3.05) is 5.73 Å². The van der Waals surface area contributed by atoms with Crippen molar-refractivity contribution in [3.05, 3.63) is 34.8 Å². The third kappa shape index (κ3) is 2.34. The van der Waals surface area contributed by atoms with Gasteiger partial charge < -0.3 is 10.3 Å². The second kappa shape index (κ2) is 4.87. The van der Waals surface area contributed by atoms with Crippen LogP contribution >= 0.6 is 15.9 Å². The van der Waals surface area contributed by atoms with Gasteiger partial charge in [0.1, 0.15) is 17.3 Å². The van der Waals surface area contributed by atoms with Crippen molar-refractivity contribution >= 4 is 21.7 Å². The Kier molecular flexibility index (Phi) is 3.47. The summed E-state index contributed by atoms with van der Waals surface area (Å²) in [7, 11) is 0. The second-order valence-corrected chi connectivity index (χ2v) is 4.66. The minimum Gasteiger partial charge on any atom is -0.383 e. The Balaban J connectivity index is 2.42. The fraction of sp³-hybridized carbons (Fsp3) is 0.250. The molecule has 2 rings (SSSR count). The number of hydrogen-bond donors (Lipinski definition) is 1. The standard InChI is InChI=1S/C12H13BrFN3/c1-2-5-17-7-16-11(12(17)15)8-3-4-9(13)10(14)6-8/h3-4,6-7H,2,5,15H2,1H3. The summed E-state index contributed by atoms with van der Waals surface area (Å²) in [6, 6.07) is 4.88. The maximum absolute atomic E-state index is 13.4. The van der Waals surface area contributed by atoms with E-state index in [0.29, 0.717) is 21.5 Å². The molecule has 0 fully saturated rings. The SMILES string of the molecule is CCCn1cnc(-c2ccc(Br)c(F)c2)c1N. The van der Waals surface area contributed by atoms with E-state index in [-0.39, 0.29) is 5.82 Å². The molecule has 17 heavy (non-hydrogen) atoms.